The minimum absolute atomic E-state index is 0.205. The second kappa shape index (κ2) is 14.7. The molecule has 0 radical (unpaired) electrons. The number of para-hydroxylation sites is 2. The van der Waals surface area contributed by atoms with Crippen LogP contribution < -0.4 is 4.90 Å². The molecule has 1 aliphatic rings. The van der Waals surface area contributed by atoms with Gasteiger partial charge in [0.15, 0.2) is 5.58 Å². The summed E-state index contributed by atoms with van der Waals surface area (Å²) in [7, 11) is 0. The number of hydrogen-bond acceptors (Lipinski definition) is 3. The Morgan fingerprint density at radius 3 is 1.82 bits per heavy atom. The average molecular weight is 870 g/mol. The summed E-state index contributed by atoms with van der Waals surface area (Å²) < 4.78 is 13.5. The molecule has 3 heteroatoms. The van der Waals surface area contributed by atoms with E-state index < -0.39 is 0 Å². The van der Waals surface area contributed by atoms with Gasteiger partial charge in [-0.1, -0.05) is 172 Å². The maximum Gasteiger partial charge on any atom is 0.159 e. The molecule has 1 aliphatic carbocycles. The van der Waals surface area contributed by atoms with Gasteiger partial charge in [0.1, 0.15) is 16.7 Å². The minimum atomic E-state index is -0.205. The minimum Gasteiger partial charge on any atom is -0.456 e. The standard InChI is InChI=1S/C65H43NO2/c1-65(2)57-37-43-16-4-3-15-42(43)36-56(57)51-35-33-46(39-58(51)65)66(45-31-28-41(29-32-45)48-22-11-17-40-14-5-6-18-47(40)48)59-25-12-24-54-52-34-30-44(38-62(52)68-64(54)59)49-19-7-8-20-50(49)53-23-13-27-61-63(53)55-21-9-10-26-60(55)67-61/h3-39H,1-2H3. The smallest absolute Gasteiger partial charge is 0.159 e. The molecule has 0 bridgehead atoms. The third-order valence-electron chi connectivity index (χ3n) is 14.7. The molecular weight excluding hydrogens is 827 g/mol. The molecule has 0 saturated heterocycles. The first-order chi connectivity index (χ1) is 33.5. The number of fused-ring (bicyclic) bond motifs is 11. The summed E-state index contributed by atoms with van der Waals surface area (Å²) in [5.41, 5.74) is 18.6. The quantitative estimate of drug-likeness (QED) is 0.167. The zero-order valence-electron chi connectivity index (χ0n) is 37.6. The number of hydrogen-bond donors (Lipinski definition) is 0. The van der Waals surface area contributed by atoms with Crippen molar-refractivity contribution in [2.45, 2.75) is 19.3 Å². The number of nitrogens with zero attached hydrogens (tertiary/aromatic N) is 1. The van der Waals surface area contributed by atoms with Gasteiger partial charge in [0.2, 0.25) is 0 Å². The molecule has 14 rings (SSSR count). The van der Waals surface area contributed by atoms with Crippen molar-refractivity contribution in [1.29, 1.82) is 0 Å². The van der Waals surface area contributed by atoms with Crippen molar-refractivity contribution in [3.63, 3.8) is 0 Å². The largest absolute Gasteiger partial charge is 0.456 e. The van der Waals surface area contributed by atoms with Gasteiger partial charge in [-0.25, -0.2) is 0 Å². The molecule has 2 heterocycles. The van der Waals surface area contributed by atoms with E-state index >= 15 is 0 Å². The molecule has 68 heavy (non-hydrogen) atoms. The highest BCUT2D eigenvalue weighted by atomic mass is 16.3. The first-order valence-electron chi connectivity index (χ1n) is 23.5. The van der Waals surface area contributed by atoms with Gasteiger partial charge in [-0.3, -0.25) is 0 Å². The van der Waals surface area contributed by atoms with E-state index in [9.17, 15) is 0 Å². The van der Waals surface area contributed by atoms with E-state index in [-0.39, 0.29) is 5.41 Å². The monoisotopic (exact) mass is 869 g/mol. The Labute approximate surface area is 393 Å². The number of furan rings is 2. The highest BCUT2D eigenvalue weighted by Gasteiger charge is 2.36. The normalized spacial score (nSPS) is 13.0. The van der Waals surface area contributed by atoms with Crippen molar-refractivity contribution in [3.05, 3.63) is 236 Å². The molecule has 320 valence electrons. The second-order valence-corrected chi connectivity index (χ2v) is 18.8. The predicted molar refractivity (Wildman–Crippen MR) is 285 cm³/mol. The fourth-order valence-corrected chi connectivity index (χ4v) is 11.3. The third kappa shape index (κ3) is 5.79. The van der Waals surface area contributed by atoms with Crippen LogP contribution in [0.1, 0.15) is 25.0 Å². The Kier molecular flexibility index (Phi) is 8.33. The maximum absolute atomic E-state index is 7.14. The van der Waals surface area contributed by atoms with Crippen LogP contribution in [0, 0.1) is 0 Å². The molecule has 0 aliphatic heterocycles. The van der Waals surface area contributed by atoms with E-state index in [1.165, 1.54) is 54.9 Å². The van der Waals surface area contributed by atoms with Crippen LogP contribution in [-0.4, -0.2) is 0 Å². The van der Waals surface area contributed by atoms with E-state index in [0.29, 0.717) is 0 Å². The summed E-state index contributed by atoms with van der Waals surface area (Å²) in [4.78, 5) is 2.39. The fourth-order valence-electron chi connectivity index (χ4n) is 11.3. The lowest BCUT2D eigenvalue weighted by atomic mass is 9.81. The lowest BCUT2D eigenvalue weighted by molar-refractivity contribution is 0.661. The van der Waals surface area contributed by atoms with Crippen LogP contribution in [-0.2, 0) is 5.41 Å². The van der Waals surface area contributed by atoms with E-state index in [2.05, 4.69) is 231 Å². The van der Waals surface area contributed by atoms with E-state index in [4.69, 9.17) is 8.83 Å². The first kappa shape index (κ1) is 38.6. The summed E-state index contributed by atoms with van der Waals surface area (Å²) in [5, 5.41) is 9.41. The molecule has 2 aromatic heterocycles. The van der Waals surface area contributed by atoms with Crippen molar-refractivity contribution in [1.82, 2.24) is 0 Å². The maximum atomic E-state index is 7.14. The van der Waals surface area contributed by atoms with Crippen LogP contribution in [0.4, 0.5) is 17.1 Å². The molecule has 0 unspecified atom stereocenters. The van der Waals surface area contributed by atoms with Crippen LogP contribution in [0.2, 0.25) is 0 Å². The van der Waals surface area contributed by atoms with Gasteiger partial charge in [0.05, 0.1) is 5.69 Å². The molecule has 3 nitrogen and oxygen atoms in total. The Balaban J connectivity index is 0.933. The van der Waals surface area contributed by atoms with Gasteiger partial charge < -0.3 is 13.7 Å². The first-order valence-corrected chi connectivity index (χ1v) is 23.5. The summed E-state index contributed by atoms with van der Waals surface area (Å²) in [5.74, 6) is 0. The van der Waals surface area contributed by atoms with E-state index in [1.54, 1.807) is 0 Å². The summed E-state index contributed by atoms with van der Waals surface area (Å²) in [6, 6.07) is 81.3. The average Bonchev–Trinajstić information content (AvgIpc) is 4.03. The SMILES string of the molecule is CC1(C)c2cc(N(c3ccc(-c4cccc5ccccc45)cc3)c3cccc4c3oc3cc(-c5ccccc5-c5cccc6oc7ccccc7c56)ccc34)ccc2-c2cc3ccccc3cc21. The van der Waals surface area contributed by atoms with Gasteiger partial charge in [0.25, 0.3) is 0 Å². The molecule has 0 fully saturated rings. The Morgan fingerprint density at radius 1 is 0.338 bits per heavy atom. The molecule has 13 aromatic rings. The van der Waals surface area contributed by atoms with Gasteiger partial charge in [-0.15, -0.1) is 0 Å². The lowest BCUT2D eigenvalue weighted by Gasteiger charge is -2.28. The fraction of sp³-hybridized carbons (Fsp3) is 0.0462. The molecule has 0 N–H and O–H groups in total. The van der Waals surface area contributed by atoms with Crippen molar-refractivity contribution in [2.24, 2.45) is 0 Å². The molecular formula is C65H43NO2. The van der Waals surface area contributed by atoms with Crippen molar-refractivity contribution in [2.75, 3.05) is 4.90 Å². The van der Waals surface area contributed by atoms with Gasteiger partial charge >= 0.3 is 0 Å². The van der Waals surface area contributed by atoms with Crippen molar-refractivity contribution < 1.29 is 8.83 Å². The van der Waals surface area contributed by atoms with E-state index in [1.807, 2.05) is 12.1 Å². The molecule has 11 aromatic carbocycles. The van der Waals surface area contributed by atoms with Crippen LogP contribution >= 0.6 is 0 Å². The molecule has 0 atom stereocenters. The van der Waals surface area contributed by atoms with Gasteiger partial charge in [-0.05, 0) is 144 Å². The van der Waals surface area contributed by atoms with Crippen molar-refractivity contribution in [3.8, 4) is 44.5 Å². The number of anilines is 3. The zero-order valence-corrected chi connectivity index (χ0v) is 37.6. The van der Waals surface area contributed by atoms with Gasteiger partial charge in [0, 0.05) is 38.3 Å². The zero-order chi connectivity index (χ0) is 45.1. The number of benzene rings is 11. The Hall–Kier alpha value is -8.66. The Bertz CT molecular complexity index is 4180. The third-order valence-corrected chi connectivity index (χ3v) is 14.7. The van der Waals surface area contributed by atoms with Crippen molar-refractivity contribution >= 4 is 82.5 Å². The summed E-state index contributed by atoms with van der Waals surface area (Å²) in [6.07, 6.45) is 0. The highest BCUT2D eigenvalue weighted by Crippen LogP contribution is 2.53. The molecule has 0 spiro atoms. The molecule has 0 amide bonds. The predicted octanol–water partition coefficient (Wildman–Crippen LogP) is 18.6. The molecule has 0 saturated carbocycles. The summed E-state index contributed by atoms with van der Waals surface area (Å²) in [6.45, 7) is 4.74. The second-order valence-electron chi connectivity index (χ2n) is 18.8. The van der Waals surface area contributed by atoms with Gasteiger partial charge in [-0.2, -0.15) is 0 Å². The van der Waals surface area contributed by atoms with Crippen LogP contribution in [0.5, 0.6) is 0 Å². The number of rotatable bonds is 6. The van der Waals surface area contributed by atoms with Crippen LogP contribution in [0.25, 0.3) is 110 Å². The van der Waals surface area contributed by atoms with Crippen LogP contribution in [0.15, 0.2) is 233 Å². The summed E-state index contributed by atoms with van der Waals surface area (Å²) >= 11 is 0. The highest BCUT2D eigenvalue weighted by molar-refractivity contribution is 6.15. The van der Waals surface area contributed by atoms with E-state index in [0.717, 1.165) is 83.2 Å². The lowest BCUT2D eigenvalue weighted by Crippen LogP contribution is -2.16. The topological polar surface area (TPSA) is 29.5 Å². The van der Waals surface area contributed by atoms with Crippen LogP contribution in [0.3, 0.4) is 0 Å². The Morgan fingerprint density at radius 2 is 0.956 bits per heavy atom.